The Hall–Kier alpha value is -1.13. The maximum absolute atomic E-state index is 10.8. The Balaban J connectivity index is 2.76. The number of carbonyl (C=O) groups is 1. The maximum atomic E-state index is 10.8. The molecule has 1 aliphatic heterocycles. The van der Waals surface area contributed by atoms with E-state index in [2.05, 4.69) is 13.2 Å². The smallest absolute Gasteiger partial charge is 0.364 e. The Labute approximate surface area is 76.5 Å². The molecule has 0 amide bonds. The summed E-state index contributed by atoms with van der Waals surface area (Å²) < 4.78 is 10.3. The minimum Gasteiger partial charge on any atom is -0.477 e. The number of hydrogen-bond acceptors (Lipinski definition) is 3. The average Bonchev–Trinajstić information content (AvgIpc) is 2.50. The van der Waals surface area contributed by atoms with Crippen LogP contribution < -0.4 is 0 Å². The lowest BCUT2D eigenvalue weighted by molar-refractivity contribution is -0.202. The zero-order valence-electron chi connectivity index (χ0n) is 7.23. The Morgan fingerprint density at radius 1 is 1.69 bits per heavy atom. The molecule has 0 spiro atoms. The van der Waals surface area contributed by atoms with E-state index >= 15 is 0 Å². The first-order chi connectivity index (χ1) is 6.14. The summed E-state index contributed by atoms with van der Waals surface area (Å²) in [6, 6.07) is 0. The standard InChI is InChI=1S/C9H12O4/c1-3-5-9(8(10)11)12-6-7(4-2)13-9/h3-4,7H,1-2,5-6H2,(H,10,11). The van der Waals surface area contributed by atoms with Crippen LogP contribution in [0.4, 0.5) is 0 Å². The molecule has 2 unspecified atom stereocenters. The predicted molar refractivity (Wildman–Crippen MR) is 46.2 cm³/mol. The number of carboxylic acids is 1. The van der Waals surface area contributed by atoms with Crippen molar-refractivity contribution in [1.29, 1.82) is 0 Å². The summed E-state index contributed by atoms with van der Waals surface area (Å²) in [6.45, 7) is 7.18. The van der Waals surface area contributed by atoms with Gasteiger partial charge in [0.1, 0.15) is 6.10 Å². The molecule has 0 aromatic rings. The Morgan fingerprint density at radius 2 is 2.38 bits per heavy atom. The average molecular weight is 184 g/mol. The van der Waals surface area contributed by atoms with Crippen LogP contribution >= 0.6 is 0 Å². The van der Waals surface area contributed by atoms with Crippen molar-refractivity contribution in [2.45, 2.75) is 18.3 Å². The monoisotopic (exact) mass is 184 g/mol. The summed E-state index contributed by atoms with van der Waals surface area (Å²) in [5.41, 5.74) is 0. The van der Waals surface area contributed by atoms with Gasteiger partial charge < -0.3 is 14.6 Å². The van der Waals surface area contributed by atoms with E-state index in [-0.39, 0.29) is 19.1 Å². The van der Waals surface area contributed by atoms with Crippen molar-refractivity contribution in [2.24, 2.45) is 0 Å². The van der Waals surface area contributed by atoms with E-state index in [1.54, 1.807) is 0 Å². The molecule has 4 nitrogen and oxygen atoms in total. The summed E-state index contributed by atoms with van der Waals surface area (Å²) in [5.74, 6) is -2.68. The number of ether oxygens (including phenoxy) is 2. The van der Waals surface area contributed by atoms with E-state index in [4.69, 9.17) is 14.6 Å². The van der Waals surface area contributed by atoms with Crippen molar-refractivity contribution in [1.82, 2.24) is 0 Å². The van der Waals surface area contributed by atoms with Crippen LogP contribution in [-0.2, 0) is 14.3 Å². The first-order valence-electron chi connectivity index (χ1n) is 3.93. The van der Waals surface area contributed by atoms with Crippen LogP contribution in [0.1, 0.15) is 6.42 Å². The van der Waals surface area contributed by atoms with Crippen LogP contribution in [0.25, 0.3) is 0 Å². The highest BCUT2D eigenvalue weighted by molar-refractivity contribution is 5.76. The second-order valence-electron chi connectivity index (χ2n) is 2.75. The van der Waals surface area contributed by atoms with Crippen molar-refractivity contribution < 1.29 is 19.4 Å². The highest BCUT2D eigenvalue weighted by atomic mass is 16.8. The van der Waals surface area contributed by atoms with Gasteiger partial charge >= 0.3 is 5.97 Å². The second kappa shape index (κ2) is 3.72. The lowest BCUT2D eigenvalue weighted by Crippen LogP contribution is -2.39. The maximum Gasteiger partial charge on any atom is 0.364 e. The van der Waals surface area contributed by atoms with Crippen LogP contribution in [0.2, 0.25) is 0 Å². The first kappa shape index (κ1) is 9.95. The third-order valence-electron chi connectivity index (χ3n) is 1.82. The molecule has 0 aliphatic carbocycles. The van der Waals surface area contributed by atoms with E-state index in [0.29, 0.717) is 0 Å². The Bertz CT molecular complexity index is 236. The molecule has 1 aliphatic rings. The second-order valence-corrected chi connectivity index (χ2v) is 2.75. The normalized spacial score (nSPS) is 32.8. The van der Waals surface area contributed by atoms with E-state index < -0.39 is 11.8 Å². The van der Waals surface area contributed by atoms with Crippen molar-refractivity contribution in [3.63, 3.8) is 0 Å². The SMILES string of the molecule is C=CCC1(C(=O)O)OCC(C=C)O1. The molecule has 0 aromatic carbocycles. The Kier molecular flexibility index (Phi) is 2.85. The molecule has 2 atom stereocenters. The minimum absolute atomic E-state index is 0.132. The molecule has 0 aromatic heterocycles. The fourth-order valence-corrected chi connectivity index (χ4v) is 1.14. The van der Waals surface area contributed by atoms with Crippen molar-refractivity contribution in [3.05, 3.63) is 25.3 Å². The molecule has 1 fully saturated rings. The first-order valence-corrected chi connectivity index (χ1v) is 3.93. The number of hydrogen-bond donors (Lipinski definition) is 1. The van der Waals surface area contributed by atoms with Crippen molar-refractivity contribution in [3.8, 4) is 0 Å². The predicted octanol–water partition coefficient (Wildman–Crippen LogP) is 0.945. The summed E-state index contributed by atoms with van der Waals surface area (Å²) >= 11 is 0. The Morgan fingerprint density at radius 3 is 2.77 bits per heavy atom. The zero-order valence-corrected chi connectivity index (χ0v) is 7.23. The molecule has 0 radical (unpaired) electrons. The van der Waals surface area contributed by atoms with Gasteiger partial charge in [-0.2, -0.15) is 0 Å². The van der Waals surface area contributed by atoms with Crippen molar-refractivity contribution >= 4 is 5.97 Å². The number of rotatable bonds is 4. The summed E-state index contributed by atoms with van der Waals surface area (Å²) in [5, 5.41) is 8.88. The van der Waals surface area contributed by atoms with E-state index in [0.717, 1.165) is 0 Å². The van der Waals surface area contributed by atoms with Gasteiger partial charge in [-0.05, 0) is 0 Å². The molecule has 0 saturated carbocycles. The van der Waals surface area contributed by atoms with Gasteiger partial charge in [0, 0.05) is 6.42 Å². The van der Waals surface area contributed by atoms with E-state index in [9.17, 15) is 4.79 Å². The summed E-state index contributed by atoms with van der Waals surface area (Å²) in [6.07, 6.45) is 2.76. The largest absolute Gasteiger partial charge is 0.477 e. The van der Waals surface area contributed by atoms with Gasteiger partial charge in [0.15, 0.2) is 0 Å². The molecule has 13 heavy (non-hydrogen) atoms. The van der Waals surface area contributed by atoms with Gasteiger partial charge in [0.2, 0.25) is 0 Å². The van der Waals surface area contributed by atoms with Gasteiger partial charge in [0.25, 0.3) is 5.79 Å². The molecule has 0 bridgehead atoms. The van der Waals surface area contributed by atoms with Crippen LogP contribution in [0.15, 0.2) is 25.3 Å². The van der Waals surface area contributed by atoms with Crippen molar-refractivity contribution in [2.75, 3.05) is 6.61 Å². The van der Waals surface area contributed by atoms with Gasteiger partial charge in [-0.3, -0.25) is 0 Å². The van der Waals surface area contributed by atoms with Crippen LogP contribution in [0.3, 0.4) is 0 Å². The highest BCUT2D eigenvalue weighted by Crippen LogP contribution is 2.28. The number of carboxylic acid groups (broad SMARTS) is 1. The van der Waals surface area contributed by atoms with Crippen LogP contribution in [0.5, 0.6) is 0 Å². The topological polar surface area (TPSA) is 55.8 Å². The van der Waals surface area contributed by atoms with Gasteiger partial charge in [0.05, 0.1) is 6.61 Å². The van der Waals surface area contributed by atoms with Crippen LogP contribution in [0, 0.1) is 0 Å². The lowest BCUT2D eigenvalue weighted by atomic mass is 10.2. The fraction of sp³-hybridized carbons (Fsp3) is 0.444. The van der Waals surface area contributed by atoms with Crippen LogP contribution in [-0.4, -0.2) is 29.6 Å². The molecular weight excluding hydrogens is 172 g/mol. The summed E-state index contributed by atoms with van der Waals surface area (Å²) in [4.78, 5) is 10.8. The van der Waals surface area contributed by atoms with Gasteiger partial charge in [-0.25, -0.2) is 4.79 Å². The summed E-state index contributed by atoms with van der Waals surface area (Å²) in [7, 11) is 0. The van der Waals surface area contributed by atoms with E-state index in [1.165, 1.54) is 12.2 Å². The highest BCUT2D eigenvalue weighted by Gasteiger charge is 2.46. The molecule has 1 heterocycles. The molecule has 4 heteroatoms. The zero-order chi connectivity index (χ0) is 9.90. The third-order valence-corrected chi connectivity index (χ3v) is 1.82. The lowest BCUT2D eigenvalue weighted by Gasteiger charge is -2.20. The molecular formula is C9H12O4. The molecule has 1 N–H and O–H groups in total. The quantitative estimate of drug-likeness (QED) is 0.661. The molecule has 1 rings (SSSR count). The number of aliphatic carboxylic acids is 1. The van der Waals surface area contributed by atoms with Gasteiger partial charge in [-0.15, -0.1) is 13.2 Å². The molecule has 1 saturated heterocycles. The fourth-order valence-electron chi connectivity index (χ4n) is 1.14. The van der Waals surface area contributed by atoms with Gasteiger partial charge in [-0.1, -0.05) is 12.2 Å². The van der Waals surface area contributed by atoms with E-state index in [1.807, 2.05) is 0 Å². The third kappa shape index (κ3) is 1.79. The molecule has 72 valence electrons. The minimum atomic E-state index is -1.55.